The number of carbonyl (C=O) groups is 2. The Morgan fingerprint density at radius 3 is 2.32 bits per heavy atom. The number of benzene rings is 3. The van der Waals surface area contributed by atoms with Crippen LogP contribution in [0.2, 0.25) is 0 Å². The standard InChI is InChI=1S/C27H29FN2O4/c1-18-15-30(19(2)14-29(18)16-20-8-10-23(28)11-9-20)26(31)17-34-25-13-22-7-5-4-6-21(22)12-24(25)27(32)33-3/h4-13,18-19H,14-17H2,1-3H3. The Kier molecular flexibility index (Phi) is 7.12. The number of ether oxygens (including phenoxy) is 2. The number of rotatable bonds is 6. The normalized spacial score (nSPS) is 18.6. The number of piperazine rings is 1. The van der Waals surface area contributed by atoms with Crippen molar-refractivity contribution in [1.29, 1.82) is 0 Å². The van der Waals surface area contributed by atoms with Gasteiger partial charge in [-0.3, -0.25) is 9.69 Å². The molecule has 178 valence electrons. The molecule has 0 radical (unpaired) electrons. The van der Waals surface area contributed by atoms with Crippen LogP contribution in [0.3, 0.4) is 0 Å². The maximum absolute atomic E-state index is 13.2. The smallest absolute Gasteiger partial charge is 0.341 e. The molecule has 0 aliphatic carbocycles. The number of esters is 1. The fourth-order valence-corrected chi connectivity index (χ4v) is 4.42. The van der Waals surface area contributed by atoms with E-state index in [9.17, 15) is 14.0 Å². The van der Waals surface area contributed by atoms with Gasteiger partial charge in [0.1, 0.15) is 17.1 Å². The van der Waals surface area contributed by atoms with Crippen LogP contribution in [-0.4, -0.2) is 60.6 Å². The van der Waals surface area contributed by atoms with Crippen LogP contribution in [-0.2, 0) is 16.1 Å². The second-order valence-electron chi connectivity index (χ2n) is 8.78. The first kappa shape index (κ1) is 23.7. The summed E-state index contributed by atoms with van der Waals surface area (Å²) in [6, 6.07) is 17.8. The number of amides is 1. The zero-order chi connectivity index (χ0) is 24.2. The van der Waals surface area contributed by atoms with Gasteiger partial charge in [0, 0.05) is 31.7 Å². The molecule has 1 saturated heterocycles. The predicted molar refractivity (Wildman–Crippen MR) is 128 cm³/mol. The molecule has 1 aliphatic rings. The van der Waals surface area contributed by atoms with E-state index in [-0.39, 0.29) is 30.4 Å². The zero-order valence-electron chi connectivity index (χ0n) is 19.7. The quantitative estimate of drug-likeness (QED) is 0.510. The molecule has 0 saturated carbocycles. The van der Waals surface area contributed by atoms with E-state index in [2.05, 4.69) is 11.8 Å². The Morgan fingerprint density at radius 2 is 1.65 bits per heavy atom. The summed E-state index contributed by atoms with van der Waals surface area (Å²) in [5.74, 6) is -0.564. The number of halogens is 1. The van der Waals surface area contributed by atoms with Crippen molar-refractivity contribution in [1.82, 2.24) is 9.80 Å². The second kappa shape index (κ2) is 10.2. The number of nitrogens with zero attached hydrogens (tertiary/aromatic N) is 2. The highest BCUT2D eigenvalue weighted by atomic mass is 19.1. The van der Waals surface area contributed by atoms with Gasteiger partial charge in [0.2, 0.25) is 0 Å². The zero-order valence-corrected chi connectivity index (χ0v) is 19.7. The molecular formula is C27H29FN2O4. The highest BCUT2D eigenvalue weighted by Crippen LogP contribution is 2.27. The van der Waals surface area contributed by atoms with E-state index in [0.29, 0.717) is 30.9 Å². The molecule has 3 aromatic carbocycles. The van der Waals surface area contributed by atoms with Crippen LogP contribution in [0.25, 0.3) is 10.8 Å². The summed E-state index contributed by atoms with van der Waals surface area (Å²) >= 11 is 0. The average molecular weight is 465 g/mol. The topological polar surface area (TPSA) is 59.1 Å². The van der Waals surface area contributed by atoms with Crippen LogP contribution in [0.4, 0.5) is 4.39 Å². The largest absolute Gasteiger partial charge is 0.483 e. The lowest BCUT2D eigenvalue weighted by molar-refractivity contribution is -0.139. The van der Waals surface area contributed by atoms with E-state index >= 15 is 0 Å². The molecule has 0 spiro atoms. The molecule has 7 heteroatoms. The van der Waals surface area contributed by atoms with Crippen molar-refractivity contribution in [2.24, 2.45) is 0 Å². The van der Waals surface area contributed by atoms with Crippen molar-refractivity contribution in [3.8, 4) is 5.75 Å². The lowest BCUT2D eigenvalue weighted by Crippen LogP contribution is -2.58. The second-order valence-corrected chi connectivity index (χ2v) is 8.78. The molecule has 1 amide bonds. The molecular weight excluding hydrogens is 435 g/mol. The molecule has 0 aromatic heterocycles. The van der Waals surface area contributed by atoms with Crippen molar-refractivity contribution in [2.45, 2.75) is 32.5 Å². The first-order chi connectivity index (χ1) is 16.4. The van der Waals surface area contributed by atoms with Gasteiger partial charge in [-0.15, -0.1) is 0 Å². The van der Waals surface area contributed by atoms with E-state index in [4.69, 9.17) is 9.47 Å². The predicted octanol–water partition coefficient (Wildman–Crippen LogP) is 4.27. The first-order valence-electron chi connectivity index (χ1n) is 11.4. The van der Waals surface area contributed by atoms with Crippen molar-refractivity contribution in [3.63, 3.8) is 0 Å². The molecule has 1 aliphatic heterocycles. The van der Waals surface area contributed by atoms with Gasteiger partial charge in [-0.1, -0.05) is 36.4 Å². The van der Waals surface area contributed by atoms with Gasteiger partial charge in [0.15, 0.2) is 6.61 Å². The minimum absolute atomic E-state index is 0.00979. The Morgan fingerprint density at radius 1 is 0.971 bits per heavy atom. The third kappa shape index (κ3) is 5.20. The van der Waals surface area contributed by atoms with Crippen LogP contribution in [0, 0.1) is 5.82 Å². The summed E-state index contributed by atoms with van der Waals surface area (Å²) in [6.45, 7) is 5.88. The van der Waals surface area contributed by atoms with Crippen molar-refractivity contribution >= 4 is 22.6 Å². The number of hydrogen-bond acceptors (Lipinski definition) is 5. The molecule has 6 nitrogen and oxygen atoms in total. The van der Waals surface area contributed by atoms with Crippen molar-refractivity contribution < 1.29 is 23.5 Å². The van der Waals surface area contributed by atoms with E-state index in [1.54, 1.807) is 24.3 Å². The Balaban J connectivity index is 1.43. The summed E-state index contributed by atoms with van der Waals surface area (Å²) < 4.78 is 24.0. The summed E-state index contributed by atoms with van der Waals surface area (Å²) in [7, 11) is 1.32. The van der Waals surface area contributed by atoms with Crippen molar-refractivity contribution in [2.75, 3.05) is 26.8 Å². The maximum Gasteiger partial charge on any atom is 0.341 e. The lowest BCUT2D eigenvalue weighted by atomic mass is 10.1. The fourth-order valence-electron chi connectivity index (χ4n) is 4.42. The van der Waals surface area contributed by atoms with Gasteiger partial charge in [0.05, 0.1) is 7.11 Å². The number of fused-ring (bicyclic) bond motifs is 1. The molecule has 0 bridgehead atoms. The van der Waals surface area contributed by atoms with Gasteiger partial charge in [0.25, 0.3) is 5.91 Å². The summed E-state index contributed by atoms with van der Waals surface area (Å²) in [6.07, 6.45) is 0. The monoisotopic (exact) mass is 464 g/mol. The molecule has 3 aromatic rings. The lowest BCUT2D eigenvalue weighted by Gasteiger charge is -2.44. The van der Waals surface area contributed by atoms with Gasteiger partial charge < -0.3 is 14.4 Å². The highest BCUT2D eigenvalue weighted by molar-refractivity contribution is 5.98. The van der Waals surface area contributed by atoms with Crippen LogP contribution in [0.5, 0.6) is 5.75 Å². The van der Waals surface area contributed by atoms with E-state index in [1.165, 1.54) is 19.2 Å². The Labute approximate surface area is 198 Å². The average Bonchev–Trinajstić information content (AvgIpc) is 2.84. The maximum atomic E-state index is 13.2. The van der Waals surface area contributed by atoms with Crippen LogP contribution < -0.4 is 4.74 Å². The van der Waals surface area contributed by atoms with Crippen LogP contribution >= 0.6 is 0 Å². The van der Waals surface area contributed by atoms with Crippen molar-refractivity contribution in [3.05, 3.63) is 77.6 Å². The Hall–Kier alpha value is -3.45. The SMILES string of the molecule is COC(=O)c1cc2ccccc2cc1OCC(=O)N1CC(C)N(Cc2ccc(F)cc2)CC1C. The molecule has 1 fully saturated rings. The minimum Gasteiger partial charge on any atom is -0.483 e. The van der Waals surface area contributed by atoms with Crippen LogP contribution in [0.1, 0.15) is 29.8 Å². The van der Waals surface area contributed by atoms with E-state index < -0.39 is 5.97 Å². The van der Waals surface area contributed by atoms with Gasteiger partial charge in [-0.25, -0.2) is 9.18 Å². The molecule has 1 heterocycles. The molecule has 2 unspecified atom stereocenters. The van der Waals surface area contributed by atoms with E-state index in [0.717, 1.165) is 16.3 Å². The van der Waals surface area contributed by atoms with Gasteiger partial charge >= 0.3 is 5.97 Å². The first-order valence-corrected chi connectivity index (χ1v) is 11.4. The minimum atomic E-state index is -0.510. The third-order valence-corrected chi connectivity index (χ3v) is 6.34. The van der Waals surface area contributed by atoms with Gasteiger partial charge in [-0.2, -0.15) is 0 Å². The third-order valence-electron chi connectivity index (χ3n) is 6.34. The number of hydrogen-bond donors (Lipinski definition) is 0. The summed E-state index contributed by atoms with van der Waals surface area (Å²) in [5, 5.41) is 1.80. The summed E-state index contributed by atoms with van der Waals surface area (Å²) in [4.78, 5) is 29.5. The van der Waals surface area contributed by atoms with E-state index in [1.807, 2.05) is 36.1 Å². The van der Waals surface area contributed by atoms with Crippen LogP contribution in [0.15, 0.2) is 60.7 Å². The molecule has 0 N–H and O–H groups in total. The molecule has 2 atom stereocenters. The fraction of sp³-hybridized carbons (Fsp3) is 0.333. The molecule has 34 heavy (non-hydrogen) atoms. The summed E-state index contributed by atoms with van der Waals surface area (Å²) in [5.41, 5.74) is 1.33. The Bertz CT molecular complexity index is 1180. The number of carbonyl (C=O) groups excluding carboxylic acids is 2. The number of methoxy groups -OCH3 is 1. The molecule has 4 rings (SSSR count). The van der Waals surface area contributed by atoms with Gasteiger partial charge in [-0.05, 0) is 54.4 Å². The highest BCUT2D eigenvalue weighted by Gasteiger charge is 2.32.